The van der Waals surface area contributed by atoms with Crippen LogP contribution in [-0.2, 0) is 4.74 Å². The van der Waals surface area contributed by atoms with Gasteiger partial charge in [-0.25, -0.2) is 0 Å². The molecule has 2 aliphatic rings. The van der Waals surface area contributed by atoms with Crippen LogP contribution in [0.1, 0.15) is 54.5 Å². The smallest absolute Gasteiger partial charge is 0.0831 e. The first kappa shape index (κ1) is 25.6. The summed E-state index contributed by atoms with van der Waals surface area (Å²) in [4.78, 5) is 5.86. The van der Waals surface area contributed by atoms with E-state index in [9.17, 15) is 5.11 Å². The molecule has 4 aromatic rings. The maximum absolute atomic E-state index is 11.3. The molecule has 0 aliphatic carbocycles. The number of aliphatic hydroxyl groups is 1. The fourth-order valence-corrected chi connectivity index (χ4v) is 6.25. The molecule has 3 heterocycles. The zero-order valence-electron chi connectivity index (χ0n) is 23.5. The number of H-pyrrole nitrogens is 1. The van der Waals surface area contributed by atoms with Gasteiger partial charge in [0.1, 0.15) is 0 Å². The molecule has 200 valence electrons. The minimum absolute atomic E-state index is 0.0801. The summed E-state index contributed by atoms with van der Waals surface area (Å²) in [5.74, 6) is 7.03. The minimum atomic E-state index is -0.548. The quantitative estimate of drug-likeness (QED) is 0.270. The zero-order chi connectivity index (χ0) is 27.3. The van der Waals surface area contributed by atoms with Gasteiger partial charge in [-0.2, -0.15) is 0 Å². The standard InChI is InChI=1S/C34H37N3O2/c1-21-18-29(28-11-7-10-26-22(2)20-35-32(26)28)27(30-23(3)33(38)34(4,5)36-31(21)30)13-12-24-8-6-9-25(19-24)37-14-16-39-17-15-37/h6-11,18-20,23,33,35-36,38H,14-17H2,1-5H3/t23-,33+/m0/s1. The Morgan fingerprint density at radius 1 is 0.974 bits per heavy atom. The highest BCUT2D eigenvalue weighted by Gasteiger charge is 2.40. The summed E-state index contributed by atoms with van der Waals surface area (Å²) in [5, 5.41) is 16.2. The molecule has 1 aromatic heterocycles. The van der Waals surface area contributed by atoms with E-state index in [1.807, 2.05) is 0 Å². The van der Waals surface area contributed by atoms with Gasteiger partial charge in [0, 0.05) is 64.2 Å². The van der Waals surface area contributed by atoms with E-state index in [0.717, 1.165) is 70.9 Å². The zero-order valence-corrected chi connectivity index (χ0v) is 23.5. The molecule has 0 unspecified atom stereocenters. The van der Waals surface area contributed by atoms with Gasteiger partial charge in [0.15, 0.2) is 0 Å². The van der Waals surface area contributed by atoms with Crippen molar-refractivity contribution in [1.29, 1.82) is 0 Å². The van der Waals surface area contributed by atoms with Crippen LogP contribution in [0.4, 0.5) is 11.4 Å². The number of nitrogens with zero attached hydrogens (tertiary/aromatic N) is 1. The second-order valence-corrected chi connectivity index (χ2v) is 11.6. The van der Waals surface area contributed by atoms with E-state index in [1.54, 1.807) is 0 Å². The van der Waals surface area contributed by atoms with Crippen molar-refractivity contribution >= 4 is 22.3 Å². The summed E-state index contributed by atoms with van der Waals surface area (Å²) in [6, 6.07) is 17.2. The van der Waals surface area contributed by atoms with Crippen molar-refractivity contribution in [2.24, 2.45) is 0 Å². The lowest BCUT2D eigenvalue weighted by molar-refractivity contribution is 0.0868. The second kappa shape index (κ2) is 9.79. The molecule has 39 heavy (non-hydrogen) atoms. The Kier molecular flexibility index (Phi) is 6.41. The van der Waals surface area contributed by atoms with Gasteiger partial charge in [-0.15, -0.1) is 0 Å². The van der Waals surface area contributed by atoms with Crippen LogP contribution in [-0.4, -0.2) is 48.0 Å². The topological polar surface area (TPSA) is 60.5 Å². The predicted octanol–water partition coefficient (Wildman–Crippen LogP) is 6.36. The minimum Gasteiger partial charge on any atom is -0.390 e. The highest BCUT2D eigenvalue weighted by Crippen LogP contribution is 2.46. The van der Waals surface area contributed by atoms with Crippen LogP contribution in [0.25, 0.3) is 22.0 Å². The molecule has 0 radical (unpaired) electrons. The number of hydrogen-bond acceptors (Lipinski definition) is 4. The van der Waals surface area contributed by atoms with E-state index >= 15 is 0 Å². The summed E-state index contributed by atoms with van der Waals surface area (Å²) < 4.78 is 5.54. The molecule has 3 N–H and O–H groups in total. The third kappa shape index (κ3) is 4.48. The number of aryl methyl sites for hydroxylation is 2. The van der Waals surface area contributed by atoms with Crippen molar-refractivity contribution < 1.29 is 9.84 Å². The Morgan fingerprint density at radius 3 is 2.54 bits per heavy atom. The number of benzene rings is 3. The molecular weight excluding hydrogens is 482 g/mol. The molecule has 5 nitrogen and oxygen atoms in total. The Balaban J connectivity index is 1.55. The average Bonchev–Trinajstić information content (AvgIpc) is 3.33. The molecule has 0 spiro atoms. The van der Waals surface area contributed by atoms with E-state index < -0.39 is 11.6 Å². The van der Waals surface area contributed by atoms with Crippen molar-refractivity contribution in [3.8, 4) is 23.0 Å². The number of hydrogen-bond donors (Lipinski definition) is 3. The van der Waals surface area contributed by atoms with Crippen LogP contribution in [0, 0.1) is 25.7 Å². The highest BCUT2D eigenvalue weighted by atomic mass is 16.5. The molecule has 2 atom stereocenters. The van der Waals surface area contributed by atoms with E-state index in [2.05, 4.69) is 116 Å². The van der Waals surface area contributed by atoms with Crippen LogP contribution in [0.3, 0.4) is 0 Å². The van der Waals surface area contributed by atoms with Crippen LogP contribution in [0.15, 0.2) is 54.7 Å². The molecule has 2 aliphatic heterocycles. The second-order valence-electron chi connectivity index (χ2n) is 11.6. The Labute approximate surface area is 231 Å². The summed E-state index contributed by atoms with van der Waals surface area (Å²) >= 11 is 0. The van der Waals surface area contributed by atoms with Gasteiger partial charge in [0.05, 0.1) is 30.4 Å². The first-order valence-corrected chi connectivity index (χ1v) is 13.9. The largest absolute Gasteiger partial charge is 0.390 e. The van der Waals surface area contributed by atoms with Crippen LogP contribution >= 0.6 is 0 Å². The van der Waals surface area contributed by atoms with Gasteiger partial charge in [-0.1, -0.05) is 43.0 Å². The number of para-hydroxylation sites is 1. The van der Waals surface area contributed by atoms with Gasteiger partial charge in [0.2, 0.25) is 0 Å². The highest BCUT2D eigenvalue weighted by molar-refractivity contribution is 5.98. The summed E-state index contributed by atoms with van der Waals surface area (Å²) in [5.41, 5.74) is 10.6. The van der Waals surface area contributed by atoms with Crippen LogP contribution in [0.5, 0.6) is 0 Å². The van der Waals surface area contributed by atoms with Crippen molar-refractivity contribution in [3.05, 3.63) is 82.5 Å². The van der Waals surface area contributed by atoms with E-state index in [1.165, 1.54) is 16.6 Å². The number of nitrogens with one attached hydrogen (secondary N) is 2. The Hall–Kier alpha value is -3.72. The molecule has 3 aromatic carbocycles. The molecule has 0 amide bonds. The Morgan fingerprint density at radius 2 is 1.74 bits per heavy atom. The molecule has 0 bridgehead atoms. The molecule has 6 rings (SSSR count). The SMILES string of the molecule is Cc1cc(-c2cccc3c(C)c[nH]c23)c(C#Cc2cccc(N3CCOCC3)c2)c2c1NC(C)(C)[C@H](O)[C@H]2C. The number of anilines is 2. The molecule has 1 saturated heterocycles. The summed E-state index contributed by atoms with van der Waals surface area (Å²) in [6.07, 6.45) is 1.52. The summed E-state index contributed by atoms with van der Waals surface area (Å²) in [7, 11) is 0. The lowest BCUT2D eigenvalue weighted by atomic mass is 9.75. The third-order valence-corrected chi connectivity index (χ3v) is 8.45. The fourth-order valence-electron chi connectivity index (χ4n) is 6.25. The van der Waals surface area contributed by atoms with Gasteiger partial charge < -0.3 is 25.0 Å². The fraction of sp³-hybridized carbons (Fsp3) is 0.353. The van der Waals surface area contributed by atoms with E-state index in [4.69, 9.17) is 4.74 Å². The monoisotopic (exact) mass is 519 g/mol. The van der Waals surface area contributed by atoms with Gasteiger partial charge >= 0.3 is 0 Å². The van der Waals surface area contributed by atoms with Gasteiger partial charge in [-0.3, -0.25) is 0 Å². The average molecular weight is 520 g/mol. The Bertz CT molecular complexity index is 1610. The number of aromatic nitrogens is 1. The molecule has 5 heteroatoms. The van der Waals surface area contributed by atoms with Crippen LogP contribution < -0.4 is 10.2 Å². The van der Waals surface area contributed by atoms with Gasteiger partial charge in [-0.05, 0) is 68.7 Å². The molecular formula is C34H37N3O2. The lowest BCUT2D eigenvalue weighted by Crippen LogP contribution is -2.50. The maximum Gasteiger partial charge on any atom is 0.0831 e. The number of fused-ring (bicyclic) bond motifs is 2. The third-order valence-electron chi connectivity index (χ3n) is 8.45. The predicted molar refractivity (Wildman–Crippen MR) is 161 cm³/mol. The number of ether oxygens (including phenoxy) is 1. The molecule has 0 saturated carbocycles. The van der Waals surface area contributed by atoms with Crippen molar-refractivity contribution in [2.75, 3.05) is 36.5 Å². The van der Waals surface area contributed by atoms with Crippen molar-refractivity contribution in [1.82, 2.24) is 4.98 Å². The first-order chi connectivity index (χ1) is 18.7. The number of rotatable bonds is 2. The van der Waals surface area contributed by atoms with Crippen molar-refractivity contribution in [3.63, 3.8) is 0 Å². The lowest BCUT2D eigenvalue weighted by Gasteiger charge is -2.43. The number of aliphatic hydroxyl groups excluding tert-OH is 1. The van der Waals surface area contributed by atoms with E-state index in [-0.39, 0.29) is 5.92 Å². The van der Waals surface area contributed by atoms with Crippen molar-refractivity contribution in [2.45, 2.75) is 52.2 Å². The maximum atomic E-state index is 11.3. The van der Waals surface area contributed by atoms with Crippen LogP contribution in [0.2, 0.25) is 0 Å². The number of morpholine rings is 1. The van der Waals surface area contributed by atoms with Gasteiger partial charge in [0.25, 0.3) is 0 Å². The normalized spacial score (nSPS) is 20.2. The first-order valence-electron chi connectivity index (χ1n) is 13.9. The van der Waals surface area contributed by atoms with E-state index in [0.29, 0.717) is 0 Å². The number of aromatic amines is 1. The summed E-state index contributed by atoms with van der Waals surface area (Å²) in [6.45, 7) is 13.8. The molecule has 1 fully saturated rings.